The highest BCUT2D eigenvalue weighted by Gasteiger charge is 2.42. The van der Waals surface area contributed by atoms with Crippen LogP contribution in [0.3, 0.4) is 0 Å². The summed E-state index contributed by atoms with van der Waals surface area (Å²) in [4.78, 5) is 13.1. The molecule has 1 heterocycles. The van der Waals surface area contributed by atoms with Gasteiger partial charge >= 0.3 is 25.4 Å². The normalized spacial score (nSPS) is 18.0. The van der Waals surface area contributed by atoms with Crippen molar-refractivity contribution < 1.29 is 45.0 Å². The third-order valence-electron chi connectivity index (χ3n) is 3.81. The lowest BCUT2D eigenvalue weighted by Gasteiger charge is -2.33. The molecule has 152 valence electrons. The molecule has 2 rings (SSSR count). The summed E-state index contributed by atoms with van der Waals surface area (Å²) in [6.07, 6.45) is -4.46. The monoisotopic (exact) mass is 404 g/mol. The number of anilines is 1. The number of nitrogens with zero attached hydrogens (tertiary/aromatic N) is 1. The number of amides is 2. The van der Waals surface area contributed by atoms with Crippen molar-refractivity contribution in [2.45, 2.75) is 32.2 Å². The average Bonchev–Trinajstić information content (AvgIpc) is 2.55. The summed E-state index contributed by atoms with van der Waals surface area (Å²) in [5, 5.41) is 2.16. The molecule has 1 aromatic rings. The summed E-state index contributed by atoms with van der Waals surface area (Å²) in [6, 6.07) is 1.70. The fourth-order valence-corrected chi connectivity index (χ4v) is 2.60. The molecule has 1 atom stereocenters. The van der Waals surface area contributed by atoms with Gasteiger partial charge in [-0.1, -0.05) is 0 Å². The lowest BCUT2D eigenvalue weighted by atomic mass is 9.98. The third kappa shape index (κ3) is 6.07. The van der Waals surface area contributed by atoms with E-state index >= 15 is 0 Å². The summed E-state index contributed by atoms with van der Waals surface area (Å²) >= 11 is 0. The molecule has 5 nitrogen and oxygen atoms in total. The molecule has 1 aliphatic heterocycles. The fraction of sp³-hybridized carbons (Fsp3) is 0.533. The van der Waals surface area contributed by atoms with Crippen LogP contribution in [0.15, 0.2) is 18.2 Å². The number of rotatable bonds is 5. The van der Waals surface area contributed by atoms with Crippen LogP contribution in [-0.4, -0.2) is 43.4 Å². The second-order valence-electron chi connectivity index (χ2n) is 5.67. The third-order valence-corrected chi connectivity index (χ3v) is 3.81. The van der Waals surface area contributed by atoms with E-state index in [0.717, 1.165) is 17.0 Å². The minimum atomic E-state index is -4.46. The van der Waals surface area contributed by atoms with Crippen LogP contribution in [0.5, 0.6) is 11.5 Å². The van der Waals surface area contributed by atoms with E-state index in [2.05, 4.69) is 14.8 Å². The molecule has 0 radical (unpaired) electrons. The first-order valence-electron chi connectivity index (χ1n) is 7.72. The maximum absolute atomic E-state index is 12.8. The van der Waals surface area contributed by atoms with Gasteiger partial charge in [-0.3, -0.25) is 0 Å². The van der Waals surface area contributed by atoms with E-state index in [1.54, 1.807) is 0 Å². The molecule has 2 amide bonds. The van der Waals surface area contributed by atoms with Gasteiger partial charge in [-0.05, 0) is 25.0 Å². The molecule has 1 unspecified atom stereocenters. The van der Waals surface area contributed by atoms with Crippen molar-refractivity contribution in [2.24, 2.45) is 5.92 Å². The van der Waals surface area contributed by atoms with Crippen LogP contribution in [0, 0.1) is 5.92 Å². The quantitative estimate of drug-likeness (QED) is 0.725. The van der Waals surface area contributed by atoms with Crippen LogP contribution in [0.4, 0.5) is 41.2 Å². The zero-order valence-corrected chi connectivity index (χ0v) is 13.6. The molecule has 0 spiro atoms. The van der Waals surface area contributed by atoms with Crippen molar-refractivity contribution in [3.8, 4) is 11.5 Å². The van der Waals surface area contributed by atoms with Crippen molar-refractivity contribution in [1.29, 1.82) is 0 Å². The predicted molar refractivity (Wildman–Crippen MR) is 79.1 cm³/mol. The fourth-order valence-electron chi connectivity index (χ4n) is 2.60. The SMILES string of the molecule is O=C(Nc1ccc(OC(F)F)cc1OC(F)F)N1CCCC(C(F)(F)F)C1. The van der Waals surface area contributed by atoms with Gasteiger partial charge in [0.25, 0.3) is 0 Å². The molecule has 0 bridgehead atoms. The Kier molecular flexibility index (Phi) is 6.60. The molecule has 0 saturated carbocycles. The highest BCUT2D eigenvalue weighted by molar-refractivity contribution is 5.91. The number of carbonyl (C=O) groups is 1. The Balaban J connectivity index is 2.13. The number of halogens is 7. The van der Waals surface area contributed by atoms with Crippen molar-refractivity contribution >= 4 is 11.7 Å². The number of benzene rings is 1. The smallest absolute Gasteiger partial charge is 0.393 e. The Labute approximate surface area is 149 Å². The minimum Gasteiger partial charge on any atom is -0.435 e. The molecule has 0 aliphatic carbocycles. The van der Waals surface area contributed by atoms with Crippen LogP contribution in [0.2, 0.25) is 0 Å². The van der Waals surface area contributed by atoms with Gasteiger partial charge in [-0.25, -0.2) is 4.79 Å². The van der Waals surface area contributed by atoms with Gasteiger partial charge in [0.05, 0.1) is 11.6 Å². The summed E-state index contributed by atoms with van der Waals surface area (Å²) in [7, 11) is 0. The molecule has 1 N–H and O–H groups in total. The molecule has 1 saturated heterocycles. The Morgan fingerprint density at radius 3 is 2.41 bits per heavy atom. The second kappa shape index (κ2) is 8.53. The summed E-state index contributed by atoms with van der Waals surface area (Å²) < 4.78 is 96.2. The molecule has 27 heavy (non-hydrogen) atoms. The maximum Gasteiger partial charge on any atom is 0.393 e. The zero-order chi connectivity index (χ0) is 20.2. The van der Waals surface area contributed by atoms with E-state index < -0.39 is 49.4 Å². The van der Waals surface area contributed by atoms with Crippen molar-refractivity contribution in [3.05, 3.63) is 18.2 Å². The molecular formula is C15H15F7N2O3. The summed E-state index contributed by atoms with van der Waals surface area (Å²) in [6.45, 7) is -7.06. The maximum atomic E-state index is 12.8. The largest absolute Gasteiger partial charge is 0.435 e. The average molecular weight is 404 g/mol. The van der Waals surface area contributed by atoms with Crippen molar-refractivity contribution in [3.63, 3.8) is 0 Å². The van der Waals surface area contributed by atoms with E-state index in [1.165, 1.54) is 0 Å². The highest BCUT2D eigenvalue weighted by atomic mass is 19.4. The first kappa shape index (κ1) is 20.9. The van der Waals surface area contributed by atoms with E-state index in [-0.39, 0.29) is 25.1 Å². The number of ether oxygens (including phenoxy) is 2. The molecular weight excluding hydrogens is 389 g/mol. The summed E-state index contributed by atoms with van der Waals surface area (Å²) in [5.74, 6) is -2.84. The first-order chi connectivity index (χ1) is 12.6. The van der Waals surface area contributed by atoms with Gasteiger partial charge in [-0.15, -0.1) is 0 Å². The van der Waals surface area contributed by atoms with Gasteiger partial charge in [-0.2, -0.15) is 30.7 Å². The van der Waals surface area contributed by atoms with Gasteiger partial charge in [0, 0.05) is 19.2 Å². The molecule has 12 heteroatoms. The van der Waals surface area contributed by atoms with E-state index in [4.69, 9.17) is 0 Å². The Hall–Kier alpha value is -2.40. The van der Waals surface area contributed by atoms with Crippen molar-refractivity contribution in [2.75, 3.05) is 18.4 Å². The van der Waals surface area contributed by atoms with Crippen LogP contribution in [0.1, 0.15) is 12.8 Å². The van der Waals surface area contributed by atoms with Gasteiger partial charge < -0.3 is 19.7 Å². The van der Waals surface area contributed by atoms with Crippen LogP contribution < -0.4 is 14.8 Å². The van der Waals surface area contributed by atoms with Gasteiger partial charge in [0.2, 0.25) is 0 Å². The first-order valence-corrected chi connectivity index (χ1v) is 7.72. The number of nitrogens with one attached hydrogen (secondary N) is 1. The zero-order valence-electron chi connectivity index (χ0n) is 13.6. The number of urea groups is 1. The van der Waals surface area contributed by atoms with Crippen molar-refractivity contribution in [1.82, 2.24) is 4.90 Å². The number of carbonyl (C=O) groups excluding carboxylic acids is 1. The van der Waals surface area contributed by atoms with E-state index in [0.29, 0.717) is 6.07 Å². The lowest BCUT2D eigenvalue weighted by molar-refractivity contribution is -0.183. The number of piperidine rings is 1. The lowest BCUT2D eigenvalue weighted by Crippen LogP contribution is -2.46. The second-order valence-corrected chi connectivity index (χ2v) is 5.67. The minimum absolute atomic E-state index is 0.0516. The number of alkyl halides is 7. The molecule has 1 aromatic carbocycles. The Morgan fingerprint density at radius 2 is 1.81 bits per heavy atom. The van der Waals surface area contributed by atoms with E-state index in [1.807, 2.05) is 0 Å². The standard InChI is InChI=1S/C15H15F7N2O3/c16-12(17)26-9-3-4-10(11(6-9)27-13(18)19)23-14(25)24-5-1-2-8(7-24)15(20,21)22/h3-4,6,8,12-13H,1-2,5,7H2,(H,23,25). The molecule has 1 aliphatic rings. The predicted octanol–water partition coefficient (Wildman–Crippen LogP) is 4.70. The van der Waals surface area contributed by atoms with Crippen LogP contribution in [-0.2, 0) is 0 Å². The molecule has 0 aromatic heterocycles. The summed E-state index contributed by atoms with van der Waals surface area (Å²) in [5.41, 5.74) is -0.323. The highest BCUT2D eigenvalue weighted by Crippen LogP contribution is 2.35. The Morgan fingerprint density at radius 1 is 1.15 bits per heavy atom. The number of likely N-dealkylation sites (tertiary alicyclic amines) is 1. The Bertz CT molecular complexity index is 655. The molecule has 1 fully saturated rings. The number of hydrogen-bond donors (Lipinski definition) is 1. The van der Waals surface area contributed by atoms with E-state index in [9.17, 15) is 35.5 Å². The van der Waals surface area contributed by atoms with Crippen LogP contribution in [0.25, 0.3) is 0 Å². The van der Waals surface area contributed by atoms with Gasteiger partial charge in [0.1, 0.15) is 5.75 Å². The van der Waals surface area contributed by atoms with Gasteiger partial charge in [0.15, 0.2) is 5.75 Å². The number of hydrogen-bond acceptors (Lipinski definition) is 3. The van der Waals surface area contributed by atoms with Crippen LogP contribution >= 0.6 is 0 Å². The topological polar surface area (TPSA) is 50.8 Å².